The highest BCUT2D eigenvalue weighted by molar-refractivity contribution is 8.20. The topological polar surface area (TPSA) is 37.3 Å². The lowest BCUT2D eigenvalue weighted by atomic mass is 9.87. The van der Waals surface area contributed by atoms with Gasteiger partial charge < -0.3 is 5.11 Å². The Morgan fingerprint density at radius 1 is 0.246 bits per heavy atom. The Bertz CT molecular complexity index is 1760. The zero-order chi connectivity index (χ0) is 57.5. The summed E-state index contributed by atoms with van der Waals surface area (Å²) in [5.41, 5.74) is 0. The van der Waals surface area contributed by atoms with Crippen LogP contribution in [0.4, 0.5) is 184 Å². The molecule has 0 aliphatic rings. The molecule has 414 valence electrons. The Balaban J connectivity index is 7.75. The maximum absolute atomic E-state index is 14.5. The van der Waals surface area contributed by atoms with Crippen LogP contribution in [0, 0.1) is 0 Å². The van der Waals surface area contributed by atoms with Crippen LogP contribution >= 0.6 is 23.5 Å². The molecule has 0 spiro atoms. The molecule has 0 saturated heterocycles. The molecule has 0 fully saturated rings. The molecule has 0 aliphatic carbocycles. The fourth-order valence-electron chi connectivity index (χ4n) is 3.81. The van der Waals surface area contributed by atoms with E-state index in [9.17, 15) is 189 Å². The lowest BCUT2D eigenvalue weighted by molar-refractivity contribution is -0.472. The van der Waals surface area contributed by atoms with Gasteiger partial charge in [0, 0.05) is 0 Å². The van der Waals surface area contributed by atoms with E-state index in [2.05, 4.69) is 0 Å². The van der Waals surface area contributed by atoms with E-state index in [1.165, 1.54) is 0 Å². The number of alkyl halides is 42. The molecule has 0 aromatic carbocycles. The van der Waals surface area contributed by atoms with Gasteiger partial charge >= 0.3 is 124 Å². The van der Waals surface area contributed by atoms with Gasteiger partial charge in [-0.3, -0.25) is 0 Å². The zero-order valence-electron chi connectivity index (χ0n) is 29.5. The molecule has 0 rings (SSSR count). The smallest absolute Gasteiger partial charge is 0.460 e. The summed E-state index contributed by atoms with van der Waals surface area (Å²) in [4.78, 5) is 11.3. The molecule has 0 aliphatic heterocycles. The number of thioether (sulfide) groups is 2. The van der Waals surface area contributed by atoms with E-state index in [0.717, 1.165) is 0 Å². The minimum atomic E-state index is -9.98. The normalized spacial score (nSPS) is 17.1. The number of rotatable bonds is 21. The Labute approximate surface area is 353 Å². The third-order valence-corrected chi connectivity index (χ3v) is 10.7. The van der Waals surface area contributed by atoms with Crippen LogP contribution in [0.5, 0.6) is 0 Å². The zero-order valence-corrected chi connectivity index (χ0v) is 31.2. The quantitative estimate of drug-likeness (QED) is 0.0918. The third kappa shape index (κ3) is 8.30. The number of hydrogen-bond acceptors (Lipinski definition) is 3. The lowest BCUT2D eigenvalue weighted by Crippen LogP contribution is -2.77. The Morgan fingerprint density at radius 2 is 0.362 bits per heavy atom. The van der Waals surface area contributed by atoms with Gasteiger partial charge in [-0.2, -0.15) is 184 Å². The maximum Gasteiger partial charge on any atom is 0.460 e. The van der Waals surface area contributed by atoms with E-state index >= 15 is 0 Å². The summed E-state index contributed by atoms with van der Waals surface area (Å²) >= 11 is -7.99. The first-order valence-corrected chi connectivity index (χ1v) is 16.1. The van der Waals surface area contributed by atoms with E-state index in [1.807, 2.05) is 0 Å². The molecule has 0 heterocycles. The summed E-state index contributed by atoms with van der Waals surface area (Å²) in [7, 11) is 0. The van der Waals surface area contributed by atoms with Crippen LogP contribution in [0.2, 0.25) is 0 Å². The van der Waals surface area contributed by atoms with Crippen molar-refractivity contribution < 1.29 is 194 Å². The molecule has 0 amide bonds. The van der Waals surface area contributed by atoms with Crippen molar-refractivity contribution >= 4 is 29.5 Å². The molecule has 2 nitrogen and oxygen atoms in total. The number of carboxylic acid groups (broad SMARTS) is 1. The summed E-state index contributed by atoms with van der Waals surface area (Å²) in [5.74, 6) is -159. The van der Waals surface area contributed by atoms with Gasteiger partial charge in [0.15, 0.2) is 4.08 Å². The predicted molar refractivity (Wildman–Crippen MR) is 132 cm³/mol. The average molecular weight is 1170 g/mol. The largest absolute Gasteiger partial charge is 0.480 e. The van der Waals surface area contributed by atoms with E-state index < -0.39 is 158 Å². The van der Waals surface area contributed by atoms with E-state index in [-0.39, 0.29) is 0 Å². The van der Waals surface area contributed by atoms with Gasteiger partial charge in [-0.05, 0) is 6.92 Å². The van der Waals surface area contributed by atoms with E-state index in [0.29, 0.717) is 0 Å². The number of hydrogen-bond donors (Lipinski definition) is 1. The van der Waals surface area contributed by atoms with Crippen LogP contribution in [0.25, 0.3) is 0 Å². The van der Waals surface area contributed by atoms with Crippen molar-refractivity contribution in [3.8, 4) is 0 Å². The van der Waals surface area contributed by atoms with Crippen molar-refractivity contribution in [2.75, 3.05) is 0 Å². The van der Waals surface area contributed by atoms with Crippen molar-refractivity contribution in [3.05, 3.63) is 0 Å². The number of carbonyl (C=O) groups is 1. The summed E-state index contributed by atoms with van der Waals surface area (Å²) in [6.45, 7) is -1.70. The summed E-state index contributed by atoms with van der Waals surface area (Å²) in [6.07, 6.45) is -16.9. The predicted octanol–water partition coefficient (Wildman–Crippen LogP) is 14.7. The van der Waals surface area contributed by atoms with Crippen LogP contribution < -0.4 is 0 Å². The van der Waals surface area contributed by atoms with E-state index in [4.69, 9.17) is 5.11 Å². The second kappa shape index (κ2) is 16.4. The summed E-state index contributed by atoms with van der Waals surface area (Å²) in [5, 5.41) is -8.48. The minimum Gasteiger partial charge on any atom is -0.480 e. The monoisotopic (exact) mass is 1170 g/mol. The highest BCUT2D eigenvalue weighted by Crippen LogP contribution is 2.71. The molecular weight excluding hydrogens is 1170 g/mol. The van der Waals surface area contributed by atoms with Crippen molar-refractivity contribution in [2.24, 2.45) is 0 Å². The minimum absolute atomic E-state index is 1.70. The fourth-order valence-corrected chi connectivity index (χ4v) is 6.27. The van der Waals surface area contributed by atoms with Crippen molar-refractivity contribution in [3.63, 3.8) is 0 Å². The van der Waals surface area contributed by atoms with Crippen molar-refractivity contribution in [1.82, 2.24) is 0 Å². The number of carboxylic acids is 1. The van der Waals surface area contributed by atoms with Gasteiger partial charge in [0.2, 0.25) is 0 Å². The Morgan fingerprint density at radius 3 is 0.478 bits per heavy atom. The van der Waals surface area contributed by atoms with Crippen molar-refractivity contribution in [1.29, 1.82) is 0 Å². The molecule has 69 heavy (non-hydrogen) atoms. The Kier molecular flexibility index (Phi) is 15.7. The standard InChI is InChI=1S/C23H4F42O2S2/c1-3(2(66)67,68-22(62,63)18(52,53)14(44,45)10(36,37)6(28,29)4(24,25)8(32,33)12(40,41)16(48,49)20(56,57)58)69-23(64,65)19(54,55)15(46,47)11(38,39)7(30,31)5(26,27)9(34,35)13(42,43)17(50,51)21(59,60)61/h1H3,(H,66,67). The maximum atomic E-state index is 14.5. The summed E-state index contributed by atoms with van der Waals surface area (Å²) < 4.78 is 565. The summed E-state index contributed by atoms with van der Waals surface area (Å²) in [6, 6.07) is 0. The first-order chi connectivity index (χ1) is 28.9. The van der Waals surface area contributed by atoms with Crippen LogP contribution in [0.1, 0.15) is 6.92 Å². The second-order valence-electron chi connectivity index (χ2n) is 12.7. The molecule has 0 aromatic rings. The highest BCUT2D eigenvalue weighted by Gasteiger charge is 3.00. The first-order valence-electron chi connectivity index (χ1n) is 14.4. The van der Waals surface area contributed by atoms with Gasteiger partial charge in [0.25, 0.3) is 0 Å². The second-order valence-corrected chi connectivity index (χ2v) is 16.0. The number of halogens is 42. The van der Waals surface area contributed by atoms with Gasteiger partial charge in [0.1, 0.15) is 0 Å². The molecule has 1 N–H and O–H groups in total. The van der Waals surface area contributed by atoms with Gasteiger partial charge in [0.05, 0.1) is 0 Å². The number of aliphatic carboxylic acids is 1. The molecular formula is C23H4F42O2S2. The third-order valence-electron chi connectivity index (χ3n) is 8.00. The van der Waals surface area contributed by atoms with Crippen LogP contribution in [0.3, 0.4) is 0 Å². The first kappa shape index (κ1) is 66.2. The van der Waals surface area contributed by atoms with Crippen molar-refractivity contribution in [2.45, 2.75) is 129 Å². The molecule has 0 bridgehead atoms. The molecule has 0 radical (unpaired) electrons. The average Bonchev–Trinajstić information content (AvgIpc) is 3.08. The van der Waals surface area contributed by atoms with Crippen LogP contribution in [0.15, 0.2) is 0 Å². The van der Waals surface area contributed by atoms with Gasteiger partial charge in [-0.1, -0.05) is 23.5 Å². The molecule has 0 saturated carbocycles. The Hall–Kier alpha value is -2.77. The van der Waals surface area contributed by atoms with Crippen LogP contribution in [-0.4, -0.2) is 133 Å². The lowest BCUT2D eigenvalue weighted by Gasteiger charge is -2.45. The van der Waals surface area contributed by atoms with Crippen LogP contribution in [-0.2, 0) is 4.79 Å². The molecule has 0 atom stereocenters. The SMILES string of the molecule is CC(SC(F)(F)C(F)(F)C(F)(F)C(F)(F)C(F)(F)C(F)(F)C(F)(F)C(F)(F)C(F)(F)C(F)(F)F)(SC(F)(F)C(F)(F)C(F)(F)C(F)(F)C(F)(F)C(F)(F)C(F)(F)C(F)(F)C(F)(F)C(F)(F)F)C(=O)O. The highest BCUT2D eigenvalue weighted by atomic mass is 32.2. The molecule has 46 heteroatoms. The molecule has 0 aromatic heterocycles. The van der Waals surface area contributed by atoms with Gasteiger partial charge in [-0.25, -0.2) is 4.79 Å². The fraction of sp³-hybridized carbons (Fsp3) is 0.957. The van der Waals surface area contributed by atoms with Gasteiger partial charge in [-0.15, -0.1) is 0 Å². The van der Waals surface area contributed by atoms with E-state index in [1.54, 1.807) is 0 Å². The molecule has 0 unspecified atom stereocenters.